The molecule has 166 valence electrons. The number of hydrogen-bond donors (Lipinski definition) is 2. The number of aromatic nitrogens is 2. The summed E-state index contributed by atoms with van der Waals surface area (Å²) in [5, 5.41) is 0. The first-order valence-corrected chi connectivity index (χ1v) is 11.3. The van der Waals surface area contributed by atoms with Crippen LogP contribution in [0.1, 0.15) is 36.6 Å². The maximum Gasteiger partial charge on any atom is 0.524 e. The number of phosphoric ester groups is 1. The number of nitrogens with zero attached hydrogens (tertiary/aromatic N) is 2. The molecule has 0 saturated heterocycles. The first-order valence-electron chi connectivity index (χ1n) is 9.77. The third kappa shape index (κ3) is 7.85. The van der Waals surface area contributed by atoms with Crippen LogP contribution in [0.3, 0.4) is 0 Å². The summed E-state index contributed by atoms with van der Waals surface area (Å²) in [6, 6.07) is 12.3. The van der Waals surface area contributed by atoms with Gasteiger partial charge in [0.1, 0.15) is 17.4 Å². The fourth-order valence-corrected chi connectivity index (χ4v) is 3.96. The fraction of sp³-hybridized carbons (Fsp3) is 0.273. The number of benzene rings is 2. The Morgan fingerprint density at radius 3 is 2.39 bits per heavy atom. The summed E-state index contributed by atoms with van der Waals surface area (Å²) in [5.74, 6) is -0.294. The van der Waals surface area contributed by atoms with Crippen LogP contribution in [0.15, 0.2) is 53.3 Å². The molecule has 0 spiro atoms. The molecule has 0 bridgehead atoms. The van der Waals surface area contributed by atoms with E-state index < -0.39 is 7.82 Å². The SMILES string of the molecule is Cc1nc(-c2ccccc2OP(=O)(O)O)n(CCc2cccc(F)c2)c(=O)c1C(C)C.[Na].[Na]. The van der Waals surface area contributed by atoms with Gasteiger partial charge >= 0.3 is 7.82 Å². The minimum absolute atomic E-state index is 0. The second-order valence-corrected chi connectivity index (χ2v) is 8.67. The molecule has 0 fully saturated rings. The third-order valence-corrected chi connectivity index (χ3v) is 5.26. The topological polar surface area (TPSA) is 102 Å². The minimum Gasteiger partial charge on any atom is -0.403 e. The Labute approximate surface area is 236 Å². The molecule has 2 radical (unpaired) electrons. The van der Waals surface area contributed by atoms with Crippen LogP contribution in [0.25, 0.3) is 11.4 Å². The van der Waals surface area contributed by atoms with Gasteiger partial charge in [0, 0.05) is 76.9 Å². The van der Waals surface area contributed by atoms with Gasteiger partial charge in [-0.3, -0.25) is 19.1 Å². The summed E-state index contributed by atoms with van der Waals surface area (Å²) in [7, 11) is -4.82. The van der Waals surface area contributed by atoms with Crippen molar-refractivity contribution in [1.29, 1.82) is 0 Å². The molecule has 1 aromatic heterocycles. The Bertz CT molecular complexity index is 1210. The van der Waals surface area contributed by atoms with Crippen molar-refractivity contribution in [2.24, 2.45) is 0 Å². The summed E-state index contributed by atoms with van der Waals surface area (Å²) >= 11 is 0. The van der Waals surface area contributed by atoms with Gasteiger partial charge in [-0.05, 0) is 49.1 Å². The maximum atomic E-state index is 13.6. The van der Waals surface area contributed by atoms with Crippen molar-refractivity contribution in [3.05, 3.63) is 81.5 Å². The summed E-state index contributed by atoms with van der Waals surface area (Å²) in [5.41, 5.74) is 1.82. The molecule has 0 aliphatic heterocycles. The Kier molecular flexibility index (Phi) is 11.7. The van der Waals surface area contributed by atoms with Crippen LogP contribution >= 0.6 is 7.82 Å². The summed E-state index contributed by atoms with van der Waals surface area (Å²) in [6.45, 7) is 5.72. The fourth-order valence-electron chi connectivity index (χ4n) is 3.55. The van der Waals surface area contributed by atoms with Crippen LogP contribution in [-0.2, 0) is 17.5 Å². The molecule has 0 amide bonds. The van der Waals surface area contributed by atoms with Gasteiger partial charge < -0.3 is 4.52 Å². The quantitative estimate of drug-likeness (QED) is 0.387. The number of para-hydroxylation sites is 1. The standard InChI is InChI=1S/C22H24FN2O5P.2Na/c1-14(2)20-15(3)24-21(18-9-4-5-10-19(18)30-31(27,28)29)25(22(20)26)12-11-16-7-6-8-17(23)13-16;;/h4-10,13-14H,11-12H2,1-3H3,(H2,27,28,29);;. The van der Waals surface area contributed by atoms with E-state index in [0.717, 1.165) is 0 Å². The van der Waals surface area contributed by atoms with Gasteiger partial charge in [-0.25, -0.2) is 13.9 Å². The zero-order valence-corrected chi connectivity index (χ0v) is 24.3. The Hall–Kier alpha value is -0.800. The average molecular weight is 492 g/mol. The maximum absolute atomic E-state index is 13.6. The molecular weight excluding hydrogens is 468 g/mol. The molecule has 11 heteroatoms. The zero-order valence-electron chi connectivity index (χ0n) is 19.4. The van der Waals surface area contributed by atoms with E-state index in [1.165, 1.54) is 22.8 Å². The predicted molar refractivity (Wildman–Crippen MR) is 127 cm³/mol. The predicted octanol–water partition coefficient (Wildman–Crippen LogP) is 3.43. The molecular formula is C22H24FN2Na2O5P. The molecule has 1 heterocycles. The monoisotopic (exact) mass is 492 g/mol. The van der Waals surface area contributed by atoms with Crippen molar-refractivity contribution in [2.75, 3.05) is 0 Å². The van der Waals surface area contributed by atoms with Gasteiger partial charge in [0.2, 0.25) is 0 Å². The van der Waals surface area contributed by atoms with Crippen molar-refractivity contribution in [2.45, 2.75) is 39.7 Å². The first-order chi connectivity index (χ1) is 14.6. The molecule has 0 unspecified atom stereocenters. The Morgan fingerprint density at radius 1 is 1.12 bits per heavy atom. The molecule has 2 aromatic carbocycles. The van der Waals surface area contributed by atoms with E-state index >= 15 is 0 Å². The molecule has 0 atom stereocenters. The van der Waals surface area contributed by atoms with E-state index in [0.29, 0.717) is 23.2 Å². The average Bonchev–Trinajstić information content (AvgIpc) is 2.66. The van der Waals surface area contributed by atoms with E-state index in [1.54, 1.807) is 37.3 Å². The van der Waals surface area contributed by atoms with Crippen molar-refractivity contribution < 1.29 is 23.3 Å². The summed E-state index contributed by atoms with van der Waals surface area (Å²) in [6.07, 6.45) is 0.370. The van der Waals surface area contributed by atoms with Gasteiger partial charge in [-0.15, -0.1) is 0 Å². The van der Waals surface area contributed by atoms with Gasteiger partial charge in [0.05, 0.1) is 5.56 Å². The van der Waals surface area contributed by atoms with Crippen molar-refractivity contribution >= 4 is 66.9 Å². The Balaban J connectivity index is 0.00000272. The second-order valence-electron chi connectivity index (χ2n) is 7.50. The summed E-state index contributed by atoms with van der Waals surface area (Å²) in [4.78, 5) is 36.5. The normalized spacial score (nSPS) is 11.0. The largest absolute Gasteiger partial charge is 0.524 e. The minimum atomic E-state index is -4.82. The molecule has 3 rings (SSSR count). The number of hydrogen-bond acceptors (Lipinski definition) is 4. The van der Waals surface area contributed by atoms with E-state index in [4.69, 9.17) is 4.52 Å². The molecule has 0 aliphatic rings. The van der Waals surface area contributed by atoms with Crippen molar-refractivity contribution in [1.82, 2.24) is 9.55 Å². The van der Waals surface area contributed by atoms with Crippen molar-refractivity contribution in [3.63, 3.8) is 0 Å². The number of aryl methyl sites for hydroxylation is 2. The van der Waals surface area contributed by atoms with E-state index in [-0.39, 0.29) is 100 Å². The number of halogens is 1. The Morgan fingerprint density at radius 2 is 1.79 bits per heavy atom. The van der Waals surface area contributed by atoms with Gasteiger partial charge in [-0.2, -0.15) is 0 Å². The molecule has 2 N–H and O–H groups in total. The number of rotatable bonds is 7. The van der Waals surface area contributed by atoms with Crippen LogP contribution < -0.4 is 10.1 Å². The zero-order chi connectivity index (χ0) is 22.8. The van der Waals surface area contributed by atoms with Crippen LogP contribution in [-0.4, -0.2) is 78.5 Å². The van der Waals surface area contributed by atoms with Crippen LogP contribution in [0.4, 0.5) is 4.39 Å². The third-order valence-electron chi connectivity index (χ3n) is 4.83. The smallest absolute Gasteiger partial charge is 0.403 e. The van der Waals surface area contributed by atoms with E-state index in [9.17, 15) is 23.5 Å². The van der Waals surface area contributed by atoms with Crippen molar-refractivity contribution in [3.8, 4) is 17.1 Å². The molecule has 0 saturated carbocycles. The van der Waals surface area contributed by atoms with E-state index in [1.807, 2.05) is 13.8 Å². The molecule has 3 aromatic rings. The van der Waals surface area contributed by atoms with Gasteiger partial charge in [0.15, 0.2) is 0 Å². The summed E-state index contributed by atoms with van der Waals surface area (Å²) < 4.78 is 31.3. The van der Waals surface area contributed by atoms with E-state index in [2.05, 4.69) is 4.98 Å². The van der Waals surface area contributed by atoms with Gasteiger partial charge in [0.25, 0.3) is 5.56 Å². The molecule has 33 heavy (non-hydrogen) atoms. The van der Waals surface area contributed by atoms with Gasteiger partial charge in [-0.1, -0.05) is 38.1 Å². The van der Waals surface area contributed by atoms with Crippen LogP contribution in [0.2, 0.25) is 0 Å². The molecule has 7 nitrogen and oxygen atoms in total. The number of phosphoric acid groups is 1. The first kappa shape index (κ1) is 30.2. The second kappa shape index (κ2) is 12.8. The van der Waals surface area contributed by atoms with Crippen LogP contribution in [0, 0.1) is 12.7 Å². The van der Waals surface area contributed by atoms with Crippen LogP contribution in [0.5, 0.6) is 5.75 Å². The molecule has 0 aliphatic carbocycles.